The Morgan fingerprint density at radius 2 is 1.96 bits per heavy atom. The van der Waals surface area contributed by atoms with Gasteiger partial charge in [-0.05, 0) is 50.2 Å². The molecule has 2 aromatic rings. The highest BCUT2D eigenvalue weighted by molar-refractivity contribution is 6.05. The van der Waals surface area contributed by atoms with E-state index in [1.165, 1.54) is 0 Å². The molecule has 5 heteroatoms. The van der Waals surface area contributed by atoms with Crippen molar-refractivity contribution in [1.29, 1.82) is 0 Å². The molecule has 1 atom stereocenters. The molecule has 5 nitrogen and oxygen atoms in total. The summed E-state index contributed by atoms with van der Waals surface area (Å²) in [4.78, 5) is 22.1. The third kappa shape index (κ3) is 3.65. The Kier molecular flexibility index (Phi) is 5.65. The van der Waals surface area contributed by atoms with E-state index in [0.717, 1.165) is 69.2 Å². The van der Waals surface area contributed by atoms with Gasteiger partial charge in [0.15, 0.2) is 0 Å². The van der Waals surface area contributed by atoms with Gasteiger partial charge in [0.25, 0.3) is 5.91 Å². The van der Waals surface area contributed by atoms with Crippen LogP contribution in [0.15, 0.2) is 36.5 Å². The fraction of sp³-hybridized carbons (Fsp3) is 0.565. The number of carbonyl (C=O) groups is 1. The fourth-order valence-corrected chi connectivity index (χ4v) is 4.96. The molecule has 0 radical (unpaired) electrons. The zero-order chi connectivity index (χ0) is 19.6. The summed E-state index contributed by atoms with van der Waals surface area (Å²) in [5, 5.41) is 2.00. The van der Waals surface area contributed by atoms with Crippen LogP contribution in [0.1, 0.15) is 50.0 Å². The monoisotopic (exact) mass is 381 g/mol. The van der Waals surface area contributed by atoms with Gasteiger partial charge in [0.05, 0.1) is 5.60 Å². The first kappa shape index (κ1) is 19.3. The number of carbonyl (C=O) groups excluding carboxylic acids is 1. The molecule has 1 amide bonds. The van der Waals surface area contributed by atoms with Crippen molar-refractivity contribution in [2.24, 2.45) is 0 Å². The van der Waals surface area contributed by atoms with Gasteiger partial charge >= 0.3 is 0 Å². The zero-order valence-electron chi connectivity index (χ0n) is 17.1. The van der Waals surface area contributed by atoms with Crippen LogP contribution in [0.3, 0.4) is 0 Å². The predicted molar refractivity (Wildman–Crippen MR) is 112 cm³/mol. The molecule has 150 valence electrons. The first-order valence-electron chi connectivity index (χ1n) is 10.7. The van der Waals surface area contributed by atoms with Crippen molar-refractivity contribution in [3.8, 4) is 0 Å². The number of hydrogen-bond donors (Lipinski definition) is 0. The van der Waals surface area contributed by atoms with E-state index >= 15 is 0 Å². The number of nitrogens with zero attached hydrogens (tertiary/aromatic N) is 3. The highest BCUT2D eigenvalue weighted by atomic mass is 16.5. The molecule has 2 aliphatic heterocycles. The van der Waals surface area contributed by atoms with Crippen molar-refractivity contribution in [2.75, 3.05) is 32.8 Å². The minimum absolute atomic E-state index is 0.0442. The molecule has 2 saturated heterocycles. The third-order valence-electron chi connectivity index (χ3n) is 6.63. The maximum Gasteiger partial charge on any atom is 0.273 e. The van der Waals surface area contributed by atoms with E-state index in [4.69, 9.17) is 4.74 Å². The number of rotatable bonds is 4. The van der Waals surface area contributed by atoms with Crippen molar-refractivity contribution in [3.63, 3.8) is 0 Å². The largest absolute Gasteiger partial charge is 0.375 e. The van der Waals surface area contributed by atoms with Gasteiger partial charge in [0.1, 0.15) is 5.69 Å². The molecule has 1 spiro atoms. The van der Waals surface area contributed by atoms with Crippen LogP contribution in [0, 0.1) is 0 Å². The van der Waals surface area contributed by atoms with Crippen LogP contribution >= 0.6 is 0 Å². The van der Waals surface area contributed by atoms with Gasteiger partial charge in [-0.2, -0.15) is 0 Å². The summed E-state index contributed by atoms with van der Waals surface area (Å²) in [5.74, 6) is 0.0442. The lowest BCUT2D eigenvalue weighted by Gasteiger charge is -2.48. The molecule has 2 aliphatic rings. The van der Waals surface area contributed by atoms with Crippen LogP contribution in [0.4, 0.5) is 0 Å². The number of hydrogen-bond acceptors (Lipinski definition) is 4. The predicted octanol–water partition coefficient (Wildman–Crippen LogP) is 3.73. The lowest BCUT2D eigenvalue weighted by atomic mass is 9.81. The summed E-state index contributed by atoms with van der Waals surface area (Å²) in [6.07, 6.45) is 5.78. The van der Waals surface area contributed by atoms with Gasteiger partial charge in [0.2, 0.25) is 0 Å². The van der Waals surface area contributed by atoms with E-state index in [2.05, 4.69) is 23.7 Å². The van der Waals surface area contributed by atoms with Crippen molar-refractivity contribution in [3.05, 3.63) is 42.2 Å². The third-order valence-corrected chi connectivity index (χ3v) is 6.63. The fourth-order valence-electron chi connectivity index (χ4n) is 4.96. The molecular formula is C23H31N3O2. The number of likely N-dealkylation sites (tertiary alicyclic amines) is 1. The number of fused-ring (bicyclic) bond motifs is 1. The summed E-state index contributed by atoms with van der Waals surface area (Å²) >= 11 is 0. The summed E-state index contributed by atoms with van der Waals surface area (Å²) in [5.41, 5.74) is 0.508. The van der Waals surface area contributed by atoms with Crippen LogP contribution in [-0.4, -0.2) is 65.1 Å². The van der Waals surface area contributed by atoms with Crippen molar-refractivity contribution < 1.29 is 9.53 Å². The van der Waals surface area contributed by atoms with Crippen LogP contribution in [-0.2, 0) is 4.74 Å². The van der Waals surface area contributed by atoms with Crippen molar-refractivity contribution >= 4 is 16.7 Å². The lowest BCUT2D eigenvalue weighted by Crippen LogP contribution is -2.54. The second-order valence-electron chi connectivity index (χ2n) is 8.07. The summed E-state index contributed by atoms with van der Waals surface area (Å²) in [7, 11) is 0. The van der Waals surface area contributed by atoms with E-state index in [1.54, 1.807) is 6.20 Å². The topological polar surface area (TPSA) is 45.7 Å². The summed E-state index contributed by atoms with van der Waals surface area (Å²) in [6.45, 7) is 8.99. The lowest BCUT2D eigenvalue weighted by molar-refractivity contribution is -0.129. The number of aromatic nitrogens is 1. The Hall–Kier alpha value is -1.98. The highest BCUT2D eigenvalue weighted by Gasteiger charge is 2.42. The normalized spacial score (nSPS) is 22.1. The number of benzene rings is 1. The van der Waals surface area contributed by atoms with E-state index in [1.807, 2.05) is 35.2 Å². The van der Waals surface area contributed by atoms with Gasteiger partial charge in [0, 0.05) is 37.3 Å². The molecule has 1 unspecified atom stereocenters. The van der Waals surface area contributed by atoms with E-state index in [-0.39, 0.29) is 11.5 Å². The second-order valence-corrected chi connectivity index (χ2v) is 8.07. The van der Waals surface area contributed by atoms with E-state index in [0.29, 0.717) is 11.7 Å². The van der Waals surface area contributed by atoms with Crippen LogP contribution in [0.5, 0.6) is 0 Å². The number of amides is 1. The van der Waals surface area contributed by atoms with Crippen LogP contribution in [0.25, 0.3) is 10.8 Å². The standard InChI is InChI=1S/C23H31N3O2/c1-3-25(4-2)19-10-16-28-23(17-19)11-14-26(15-12-23)22(27)21-20-8-6-5-7-18(20)9-13-24-21/h5-9,13,19H,3-4,10-12,14-17H2,1-2H3. The van der Waals surface area contributed by atoms with Gasteiger partial charge < -0.3 is 14.5 Å². The maximum absolute atomic E-state index is 13.2. The average molecular weight is 382 g/mol. The minimum Gasteiger partial charge on any atom is -0.375 e. The van der Waals surface area contributed by atoms with Gasteiger partial charge in [-0.25, -0.2) is 0 Å². The highest BCUT2D eigenvalue weighted by Crippen LogP contribution is 2.37. The number of ether oxygens (including phenoxy) is 1. The number of piperidine rings is 1. The maximum atomic E-state index is 13.2. The molecule has 0 aliphatic carbocycles. The van der Waals surface area contributed by atoms with Crippen molar-refractivity contribution in [2.45, 2.75) is 51.2 Å². The zero-order valence-corrected chi connectivity index (χ0v) is 17.1. The molecule has 28 heavy (non-hydrogen) atoms. The first-order valence-corrected chi connectivity index (χ1v) is 10.7. The molecule has 1 aromatic heterocycles. The summed E-state index contributed by atoms with van der Waals surface area (Å²) in [6, 6.07) is 10.5. The molecule has 0 N–H and O–H groups in total. The Morgan fingerprint density at radius 1 is 1.21 bits per heavy atom. The van der Waals surface area contributed by atoms with E-state index < -0.39 is 0 Å². The molecule has 2 fully saturated rings. The molecule has 3 heterocycles. The first-order chi connectivity index (χ1) is 13.7. The van der Waals surface area contributed by atoms with Crippen LogP contribution in [0.2, 0.25) is 0 Å². The molecular weight excluding hydrogens is 350 g/mol. The smallest absolute Gasteiger partial charge is 0.273 e. The quantitative estimate of drug-likeness (QED) is 0.810. The minimum atomic E-state index is -0.0610. The van der Waals surface area contributed by atoms with Gasteiger partial charge in [-0.1, -0.05) is 38.1 Å². The van der Waals surface area contributed by atoms with Crippen molar-refractivity contribution in [1.82, 2.24) is 14.8 Å². The molecule has 4 rings (SSSR count). The molecule has 1 aromatic carbocycles. The Bertz CT molecular complexity index is 820. The molecule has 0 bridgehead atoms. The molecule has 0 saturated carbocycles. The van der Waals surface area contributed by atoms with E-state index in [9.17, 15) is 4.79 Å². The SMILES string of the molecule is CCN(CC)C1CCOC2(CCN(C(=O)c3nccc4ccccc34)CC2)C1. The average Bonchev–Trinajstić information content (AvgIpc) is 2.74. The Morgan fingerprint density at radius 3 is 2.71 bits per heavy atom. The van der Waals surface area contributed by atoms with Gasteiger partial charge in [-0.15, -0.1) is 0 Å². The van der Waals surface area contributed by atoms with Crippen LogP contribution < -0.4 is 0 Å². The number of pyridine rings is 1. The summed E-state index contributed by atoms with van der Waals surface area (Å²) < 4.78 is 6.30. The Labute approximate surface area is 167 Å². The van der Waals surface area contributed by atoms with Gasteiger partial charge in [-0.3, -0.25) is 9.78 Å². The second kappa shape index (κ2) is 8.18. The Balaban J connectivity index is 1.46.